The number of benzene rings is 1. The van der Waals surface area contributed by atoms with Gasteiger partial charge in [0.05, 0.1) is 0 Å². The SMILES string of the molecule is Cc1ccc(C(C)(C)CN(C)C2CCCC2)cc1. The molecule has 0 aromatic heterocycles. The van der Waals surface area contributed by atoms with Crippen molar-refractivity contribution in [3.63, 3.8) is 0 Å². The fourth-order valence-corrected chi connectivity index (χ4v) is 3.19. The molecule has 1 saturated carbocycles. The molecule has 2 rings (SSSR count). The average molecular weight is 245 g/mol. The van der Waals surface area contributed by atoms with E-state index in [1.54, 1.807) is 0 Å². The maximum absolute atomic E-state index is 2.58. The lowest BCUT2D eigenvalue weighted by Crippen LogP contribution is -2.39. The number of hydrogen-bond acceptors (Lipinski definition) is 1. The Hall–Kier alpha value is -0.820. The fourth-order valence-electron chi connectivity index (χ4n) is 3.19. The van der Waals surface area contributed by atoms with Gasteiger partial charge in [-0.2, -0.15) is 0 Å². The molecule has 1 aromatic rings. The Morgan fingerprint density at radius 2 is 1.67 bits per heavy atom. The Kier molecular flexibility index (Phi) is 4.11. The van der Waals surface area contributed by atoms with Crippen LogP contribution in [0, 0.1) is 6.92 Å². The van der Waals surface area contributed by atoms with E-state index in [4.69, 9.17) is 0 Å². The molecule has 0 atom stereocenters. The lowest BCUT2D eigenvalue weighted by Gasteiger charge is -2.34. The Bertz CT molecular complexity index is 371. The predicted molar refractivity (Wildman–Crippen MR) is 79.1 cm³/mol. The number of likely N-dealkylation sites (N-methyl/N-ethyl adjacent to an activating group) is 1. The second-order valence-electron chi connectivity index (χ2n) is 6.60. The van der Waals surface area contributed by atoms with E-state index in [0.29, 0.717) is 0 Å². The summed E-state index contributed by atoms with van der Waals surface area (Å²) in [6.45, 7) is 8.04. The van der Waals surface area contributed by atoms with Crippen LogP contribution in [0.1, 0.15) is 50.7 Å². The minimum Gasteiger partial charge on any atom is -0.303 e. The van der Waals surface area contributed by atoms with Crippen LogP contribution in [0.25, 0.3) is 0 Å². The first-order valence-corrected chi connectivity index (χ1v) is 7.26. The van der Waals surface area contributed by atoms with Crippen LogP contribution in [0.5, 0.6) is 0 Å². The summed E-state index contributed by atoms with van der Waals surface area (Å²) < 4.78 is 0. The normalized spacial score (nSPS) is 17.6. The molecule has 0 N–H and O–H groups in total. The standard InChI is InChI=1S/C17H27N/c1-14-9-11-15(12-10-14)17(2,3)13-18(4)16-7-5-6-8-16/h9-12,16H,5-8,13H2,1-4H3. The Morgan fingerprint density at radius 3 is 2.22 bits per heavy atom. The van der Waals surface area contributed by atoms with Crippen molar-refractivity contribution in [2.75, 3.05) is 13.6 Å². The molecule has 0 heterocycles. The van der Waals surface area contributed by atoms with Gasteiger partial charge in [-0.3, -0.25) is 0 Å². The summed E-state index contributed by atoms with van der Waals surface area (Å²) in [7, 11) is 2.30. The lowest BCUT2D eigenvalue weighted by atomic mass is 9.83. The molecule has 0 aliphatic heterocycles. The highest BCUT2D eigenvalue weighted by molar-refractivity contribution is 5.27. The van der Waals surface area contributed by atoms with Crippen LogP contribution in [0.2, 0.25) is 0 Å². The number of nitrogens with zero attached hydrogens (tertiary/aromatic N) is 1. The molecule has 0 saturated heterocycles. The van der Waals surface area contributed by atoms with E-state index in [0.717, 1.165) is 12.6 Å². The van der Waals surface area contributed by atoms with Crippen molar-refractivity contribution >= 4 is 0 Å². The van der Waals surface area contributed by atoms with Crippen LogP contribution in [0.4, 0.5) is 0 Å². The van der Waals surface area contributed by atoms with Crippen molar-refractivity contribution in [1.29, 1.82) is 0 Å². The number of aryl methyl sites for hydroxylation is 1. The third kappa shape index (κ3) is 3.14. The van der Waals surface area contributed by atoms with E-state index in [2.05, 4.69) is 57.0 Å². The lowest BCUT2D eigenvalue weighted by molar-refractivity contribution is 0.202. The molecule has 0 amide bonds. The van der Waals surface area contributed by atoms with Crippen molar-refractivity contribution in [2.45, 2.75) is 57.9 Å². The molecule has 1 aliphatic rings. The highest BCUT2D eigenvalue weighted by atomic mass is 15.1. The summed E-state index contributed by atoms with van der Waals surface area (Å²) in [6.07, 6.45) is 5.61. The molecule has 1 nitrogen and oxygen atoms in total. The van der Waals surface area contributed by atoms with Gasteiger partial charge >= 0.3 is 0 Å². The first-order chi connectivity index (χ1) is 8.49. The largest absolute Gasteiger partial charge is 0.303 e. The summed E-state index contributed by atoms with van der Waals surface area (Å²) in [5.41, 5.74) is 3.04. The minimum absolute atomic E-state index is 0.241. The van der Waals surface area contributed by atoms with Crippen LogP contribution in [0.3, 0.4) is 0 Å². The minimum atomic E-state index is 0.241. The van der Waals surface area contributed by atoms with Crippen LogP contribution >= 0.6 is 0 Å². The first-order valence-electron chi connectivity index (χ1n) is 7.26. The van der Waals surface area contributed by atoms with Crippen LogP contribution < -0.4 is 0 Å². The number of rotatable bonds is 4. The summed E-state index contributed by atoms with van der Waals surface area (Å²) in [5.74, 6) is 0. The van der Waals surface area contributed by atoms with Gasteiger partial charge in [0.2, 0.25) is 0 Å². The maximum atomic E-state index is 2.58. The van der Waals surface area contributed by atoms with Gasteiger partial charge in [0.25, 0.3) is 0 Å². The zero-order valence-electron chi connectivity index (χ0n) is 12.4. The molecule has 1 fully saturated rings. The summed E-state index contributed by atoms with van der Waals surface area (Å²) in [4.78, 5) is 2.58. The third-order valence-corrected chi connectivity index (χ3v) is 4.43. The van der Waals surface area contributed by atoms with Crippen molar-refractivity contribution in [1.82, 2.24) is 4.90 Å². The van der Waals surface area contributed by atoms with Crippen LogP contribution in [-0.4, -0.2) is 24.5 Å². The molecule has 1 heteroatoms. The zero-order valence-corrected chi connectivity index (χ0v) is 12.4. The smallest absolute Gasteiger partial charge is 0.00925 e. The van der Waals surface area contributed by atoms with E-state index in [-0.39, 0.29) is 5.41 Å². The molecule has 1 aromatic carbocycles. The van der Waals surface area contributed by atoms with Gasteiger partial charge in [0.1, 0.15) is 0 Å². The Balaban J connectivity index is 2.03. The monoisotopic (exact) mass is 245 g/mol. The molecule has 100 valence electrons. The quantitative estimate of drug-likeness (QED) is 0.770. The second kappa shape index (κ2) is 5.44. The molecule has 0 unspecified atom stereocenters. The van der Waals surface area contributed by atoms with E-state index < -0.39 is 0 Å². The summed E-state index contributed by atoms with van der Waals surface area (Å²) >= 11 is 0. The van der Waals surface area contributed by atoms with Gasteiger partial charge in [0.15, 0.2) is 0 Å². The molecule has 0 spiro atoms. The molecule has 18 heavy (non-hydrogen) atoms. The van der Waals surface area contributed by atoms with Gasteiger partial charge in [-0.25, -0.2) is 0 Å². The van der Waals surface area contributed by atoms with Crippen molar-refractivity contribution in [2.24, 2.45) is 0 Å². The molecular formula is C17H27N. The first kappa shape index (κ1) is 13.6. The van der Waals surface area contributed by atoms with Crippen molar-refractivity contribution in [3.05, 3.63) is 35.4 Å². The van der Waals surface area contributed by atoms with Crippen LogP contribution in [0.15, 0.2) is 24.3 Å². The molecule has 0 bridgehead atoms. The highest BCUT2D eigenvalue weighted by Gasteiger charge is 2.27. The highest BCUT2D eigenvalue weighted by Crippen LogP contribution is 2.28. The maximum Gasteiger partial charge on any atom is 0.00925 e. The average Bonchev–Trinajstić information content (AvgIpc) is 2.82. The number of hydrogen-bond donors (Lipinski definition) is 0. The van der Waals surface area contributed by atoms with E-state index in [1.807, 2.05) is 0 Å². The Labute approximate surface area is 112 Å². The van der Waals surface area contributed by atoms with Crippen molar-refractivity contribution in [3.8, 4) is 0 Å². The van der Waals surface area contributed by atoms with Crippen molar-refractivity contribution < 1.29 is 0 Å². The third-order valence-electron chi connectivity index (χ3n) is 4.43. The predicted octanol–water partition coefficient (Wildman–Crippen LogP) is 4.15. The molecule has 0 radical (unpaired) electrons. The topological polar surface area (TPSA) is 3.24 Å². The molecule has 1 aliphatic carbocycles. The summed E-state index contributed by atoms with van der Waals surface area (Å²) in [5, 5.41) is 0. The second-order valence-corrected chi connectivity index (χ2v) is 6.60. The summed E-state index contributed by atoms with van der Waals surface area (Å²) in [6, 6.07) is 9.85. The van der Waals surface area contributed by atoms with Gasteiger partial charge in [-0.1, -0.05) is 56.5 Å². The van der Waals surface area contributed by atoms with E-state index in [1.165, 1.54) is 36.8 Å². The van der Waals surface area contributed by atoms with E-state index >= 15 is 0 Å². The van der Waals surface area contributed by atoms with Crippen LogP contribution in [-0.2, 0) is 5.41 Å². The Morgan fingerprint density at radius 1 is 1.11 bits per heavy atom. The zero-order chi connectivity index (χ0) is 13.2. The molecular weight excluding hydrogens is 218 g/mol. The van der Waals surface area contributed by atoms with Gasteiger partial charge in [-0.15, -0.1) is 0 Å². The van der Waals surface area contributed by atoms with Gasteiger partial charge < -0.3 is 4.90 Å². The fraction of sp³-hybridized carbons (Fsp3) is 0.647. The van der Waals surface area contributed by atoms with Gasteiger partial charge in [0, 0.05) is 18.0 Å². The van der Waals surface area contributed by atoms with Gasteiger partial charge in [-0.05, 0) is 32.4 Å². The van der Waals surface area contributed by atoms with E-state index in [9.17, 15) is 0 Å².